The summed E-state index contributed by atoms with van der Waals surface area (Å²) in [5.74, 6) is -0.212. The van der Waals surface area contributed by atoms with Gasteiger partial charge in [-0.2, -0.15) is 0 Å². The third-order valence-corrected chi connectivity index (χ3v) is 2.32. The van der Waals surface area contributed by atoms with E-state index >= 15 is 0 Å². The van der Waals surface area contributed by atoms with Crippen molar-refractivity contribution < 1.29 is 9.13 Å². The number of ether oxygens (including phenoxy) is 1. The number of rotatable bonds is 6. The first-order valence-electron chi connectivity index (χ1n) is 5.74. The lowest BCUT2D eigenvalue weighted by Crippen LogP contribution is -2.29. The van der Waals surface area contributed by atoms with Crippen molar-refractivity contribution >= 4 is 0 Å². The van der Waals surface area contributed by atoms with Crippen LogP contribution in [0.15, 0.2) is 24.3 Å². The quantitative estimate of drug-likeness (QED) is 0.803. The predicted molar refractivity (Wildman–Crippen MR) is 63.9 cm³/mol. The Kier molecular flexibility index (Phi) is 5.43. The molecule has 0 saturated heterocycles. The van der Waals surface area contributed by atoms with Crippen LogP contribution >= 0.6 is 0 Å². The summed E-state index contributed by atoms with van der Waals surface area (Å²) in [6.07, 6.45) is -0.00648. The summed E-state index contributed by atoms with van der Waals surface area (Å²) in [5, 5.41) is 3.32. The molecule has 90 valence electrons. The van der Waals surface area contributed by atoms with Crippen LogP contribution in [-0.4, -0.2) is 19.2 Å². The normalized spacial score (nSPS) is 13.1. The molecule has 0 saturated carbocycles. The molecule has 0 aliphatic rings. The maximum atomic E-state index is 12.8. The molecule has 16 heavy (non-hydrogen) atoms. The minimum absolute atomic E-state index is 0.00648. The highest BCUT2D eigenvalue weighted by Gasteiger charge is 2.11. The molecule has 2 nitrogen and oxygen atoms in total. The van der Waals surface area contributed by atoms with Gasteiger partial charge in [-0.05, 0) is 24.6 Å². The molecule has 0 fully saturated rings. The summed E-state index contributed by atoms with van der Waals surface area (Å²) in [6.45, 7) is 7.55. The Morgan fingerprint density at radius 3 is 2.38 bits per heavy atom. The standard InChI is InChI=1S/C13H20FNO/c1-4-16-13(9-15-10(2)3)11-5-7-12(14)8-6-11/h5-8,10,13,15H,4,9H2,1-3H3. The molecule has 0 amide bonds. The molecule has 0 heterocycles. The molecule has 0 radical (unpaired) electrons. The van der Waals surface area contributed by atoms with Gasteiger partial charge in [0, 0.05) is 19.2 Å². The zero-order valence-electron chi connectivity index (χ0n) is 10.2. The van der Waals surface area contributed by atoms with Crippen molar-refractivity contribution in [1.29, 1.82) is 0 Å². The monoisotopic (exact) mass is 225 g/mol. The topological polar surface area (TPSA) is 21.3 Å². The van der Waals surface area contributed by atoms with Gasteiger partial charge >= 0.3 is 0 Å². The number of nitrogens with one attached hydrogen (secondary N) is 1. The van der Waals surface area contributed by atoms with E-state index in [-0.39, 0.29) is 11.9 Å². The zero-order valence-corrected chi connectivity index (χ0v) is 10.2. The maximum absolute atomic E-state index is 12.8. The largest absolute Gasteiger partial charge is 0.372 e. The third kappa shape index (κ3) is 4.29. The molecule has 1 rings (SSSR count). The van der Waals surface area contributed by atoms with Crippen LogP contribution in [0.4, 0.5) is 4.39 Å². The minimum atomic E-state index is -0.212. The van der Waals surface area contributed by atoms with Crippen molar-refractivity contribution in [1.82, 2.24) is 5.32 Å². The van der Waals surface area contributed by atoms with Crippen LogP contribution in [0.3, 0.4) is 0 Å². The lowest BCUT2D eigenvalue weighted by atomic mass is 10.1. The summed E-state index contributed by atoms with van der Waals surface area (Å²) in [5.41, 5.74) is 1.01. The SMILES string of the molecule is CCOC(CNC(C)C)c1ccc(F)cc1. The van der Waals surface area contributed by atoms with E-state index in [4.69, 9.17) is 4.74 Å². The molecule has 1 aromatic rings. The van der Waals surface area contributed by atoms with Gasteiger partial charge in [0.15, 0.2) is 0 Å². The Hall–Kier alpha value is -0.930. The molecule has 0 aromatic heterocycles. The molecular weight excluding hydrogens is 205 g/mol. The first kappa shape index (κ1) is 13.1. The number of hydrogen-bond acceptors (Lipinski definition) is 2. The molecule has 1 atom stereocenters. The first-order chi connectivity index (χ1) is 7.63. The summed E-state index contributed by atoms with van der Waals surface area (Å²) in [7, 11) is 0. The fourth-order valence-electron chi connectivity index (χ4n) is 1.49. The van der Waals surface area contributed by atoms with E-state index in [0.717, 1.165) is 12.1 Å². The number of hydrogen-bond donors (Lipinski definition) is 1. The van der Waals surface area contributed by atoms with Crippen molar-refractivity contribution in [2.75, 3.05) is 13.2 Å². The molecule has 1 aromatic carbocycles. The Morgan fingerprint density at radius 2 is 1.88 bits per heavy atom. The van der Waals surface area contributed by atoms with Gasteiger partial charge in [0.25, 0.3) is 0 Å². The highest BCUT2D eigenvalue weighted by Crippen LogP contribution is 2.17. The smallest absolute Gasteiger partial charge is 0.123 e. The van der Waals surface area contributed by atoms with E-state index in [2.05, 4.69) is 19.2 Å². The van der Waals surface area contributed by atoms with Crippen molar-refractivity contribution in [3.8, 4) is 0 Å². The van der Waals surface area contributed by atoms with E-state index < -0.39 is 0 Å². The summed E-state index contributed by atoms with van der Waals surface area (Å²) < 4.78 is 18.4. The molecule has 3 heteroatoms. The molecular formula is C13H20FNO. The average Bonchev–Trinajstić information content (AvgIpc) is 2.25. The van der Waals surface area contributed by atoms with Gasteiger partial charge in [-0.1, -0.05) is 26.0 Å². The first-order valence-corrected chi connectivity index (χ1v) is 5.74. The Bertz CT molecular complexity index is 297. The Morgan fingerprint density at radius 1 is 1.25 bits per heavy atom. The second-order valence-corrected chi connectivity index (χ2v) is 4.06. The number of halogens is 1. The van der Waals surface area contributed by atoms with Crippen LogP contribution in [0.2, 0.25) is 0 Å². The van der Waals surface area contributed by atoms with Crippen LogP contribution in [0.1, 0.15) is 32.4 Å². The van der Waals surface area contributed by atoms with Gasteiger partial charge in [-0.3, -0.25) is 0 Å². The van der Waals surface area contributed by atoms with Gasteiger partial charge < -0.3 is 10.1 Å². The van der Waals surface area contributed by atoms with Crippen molar-refractivity contribution in [2.24, 2.45) is 0 Å². The van der Waals surface area contributed by atoms with Gasteiger partial charge in [0.05, 0.1) is 6.10 Å². The number of benzene rings is 1. The van der Waals surface area contributed by atoms with E-state index in [1.54, 1.807) is 12.1 Å². The summed E-state index contributed by atoms with van der Waals surface area (Å²) in [4.78, 5) is 0. The summed E-state index contributed by atoms with van der Waals surface area (Å²) >= 11 is 0. The lowest BCUT2D eigenvalue weighted by molar-refractivity contribution is 0.0609. The minimum Gasteiger partial charge on any atom is -0.372 e. The van der Waals surface area contributed by atoms with Crippen LogP contribution < -0.4 is 5.32 Å². The molecule has 0 bridgehead atoms. The van der Waals surface area contributed by atoms with Crippen LogP contribution in [-0.2, 0) is 4.74 Å². The van der Waals surface area contributed by atoms with Gasteiger partial charge in [0.2, 0.25) is 0 Å². The van der Waals surface area contributed by atoms with E-state index in [9.17, 15) is 4.39 Å². The predicted octanol–water partition coefficient (Wildman–Crippen LogP) is 2.90. The second kappa shape index (κ2) is 6.61. The maximum Gasteiger partial charge on any atom is 0.123 e. The van der Waals surface area contributed by atoms with E-state index in [1.165, 1.54) is 12.1 Å². The average molecular weight is 225 g/mol. The van der Waals surface area contributed by atoms with Gasteiger partial charge in [0.1, 0.15) is 5.82 Å². The van der Waals surface area contributed by atoms with Crippen LogP contribution in [0.25, 0.3) is 0 Å². The molecule has 0 spiro atoms. The molecule has 1 unspecified atom stereocenters. The molecule has 0 aliphatic carbocycles. The van der Waals surface area contributed by atoms with Crippen molar-refractivity contribution in [3.05, 3.63) is 35.6 Å². The third-order valence-electron chi connectivity index (χ3n) is 2.32. The highest BCUT2D eigenvalue weighted by atomic mass is 19.1. The fourth-order valence-corrected chi connectivity index (χ4v) is 1.49. The van der Waals surface area contributed by atoms with Gasteiger partial charge in [-0.25, -0.2) is 4.39 Å². The highest BCUT2D eigenvalue weighted by molar-refractivity contribution is 5.19. The Balaban J connectivity index is 2.64. The Labute approximate surface area is 96.8 Å². The van der Waals surface area contributed by atoms with E-state index in [1.807, 2.05) is 6.92 Å². The molecule has 1 N–H and O–H groups in total. The fraction of sp³-hybridized carbons (Fsp3) is 0.538. The van der Waals surface area contributed by atoms with Crippen molar-refractivity contribution in [3.63, 3.8) is 0 Å². The van der Waals surface area contributed by atoms with Crippen LogP contribution in [0.5, 0.6) is 0 Å². The lowest BCUT2D eigenvalue weighted by Gasteiger charge is -2.19. The zero-order chi connectivity index (χ0) is 12.0. The van der Waals surface area contributed by atoms with E-state index in [0.29, 0.717) is 12.6 Å². The molecule has 0 aliphatic heterocycles. The van der Waals surface area contributed by atoms with Crippen LogP contribution in [0, 0.1) is 5.82 Å². The summed E-state index contributed by atoms with van der Waals surface area (Å²) in [6, 6.07) is 6.91. The second-order valence-electron chi connectivity index (χ2n) is 4.06. The van der Waals surface area contributed by atoms with Crippen molar-refractivity contribution in [2.45, 2.75) is 32.9 Å². The van der Waals surface area contributed by atoms with Gasteiger partial charge in [-0.15, -0.1) is 0 Å².